The zero-order valence-electron chi connectivity index (χ0n) is 9.94. The van der Waals surface area contributed by atoms with Gasteiger partial charge < -0.3 is 4.74 Å². The lowest BCUT2D eigenvalue weighted by Gasteiger charge is -2.08. The molecule has 0 aliphatic carbocycles. The zero-order valence-corrected chi connectivity index (χ0v) is 9.94. The molecule has 8 heteroatoms. The van der Waals surface area contributed by atoms with Crippen molar-refractivity contribution in [3.8, 4) is 0 Å². The van der Waals surface area contributed by atoms with Crippen molar-refractivity contribution in [3.05, 3.63) is 33.9 Å². The first-order chi connectivity index (χ1) is 8.54. The Hall–Kier alpha value is -2.51. The Balaban J connectivity index is 2.76. The second-order valence-electron chi connectivity index (χ2n) is 3.47. The highest BCUT2D eigenvalue weighted by Gasteiger charge is 2.07. The second-order valence-corrected chi connectivity index (χ2v) is 3.47. The number of hydrogen-bond donors (Lipinski definition) is 0. The minimum atomic E-state index is -0.474. The fourth-order valence-electron chi connectivity index (χ4n) is 1.15. The first-order valence-corrected chi connectivity index (χ1v) is 4.97. The van der Waals surface area contributed by atoms with Gasteiger partial charge in [0.05, 0.1) is 10.6 Å². The molecule has 0 amide bonds. The maximum Gasteiger partial charge on any atom is 0.294 e. The highest BCUT2D eigenvalue weighted by Crippen LogP contribution is 2.23. The number of ether oxygens (including phenoxy) is 1. The molecule has 0 heterocycles. The topological polar surface area (TPSA) is 97.4 Å². The van der Waals surface area contributed by atoms with E-state index in [4.69, 9.17) is 0 Å². The van der Waals surface area contributed by atoms with Crippen molar-refractivity contribution in [3.63, 3.8) is 0 Å². The SMILES string of the molecule is Cc1cc([N+](=O)[O-])ccc1/N=N/N(C)COC=O. The molecule has 96 valence electrons. The van der Waals surface area contributed by atoms with Crippen molar-refractivity contribution in [2.24, 2.45) is 10.3 Å². The summed E-state index contributed by atoms with van der Waals surface area (Å²) in [5.41, 5.74) is 1.15. The summed E-state index contributed by atoms with van der Waals surface area (Å²) >= 11 is 0. The highest BCUT2D eigenvalue weighted by atomic mass is 16.6. The molecule has 0 N–H and O–H groups in total. The first kappa shape index (κ1) is 13.6. The summed E-state index contributed by atoms with van der Waals surface area (Å²) in [6.07, 6.45) is 0. The minimum Gasteiger partial charge on any atom is -0.445 e. The third-order valence-electron chi connectivity index (χ3n) is 2.03. The largest absolute Gasteiger partial charge is 0.445 e. The molecule has 0 fully saturated rings. The molecule has 0 bridgehead atoms. The molecule has 1 aromatic carbocycles. The average molecular weight is 252 g/mol. The summed E-state index contributed by atoms with van der Waals surface area (Å²) in [5.74, 6) is 0. The number of aryl methyl sites for hydroxylation is 1. The van der Waals surface area contributed by atoms with Crippen molar-refractivity contribution in [2.45, 2.75) is 6.92 Å². The van der Waals surface area contributed by atoms with Gasteiger partial charge in [0.15, 0.2) is 6.73 Å². The van der Waals surface area contributed by atoms with Crippen LogP contribution in [-0.2, 0) is 9.53 Å². The van der Waals surface area contributed by atoms with Crippen molar-refractivity contribution >= 4 is 17.8 Å². The van der Waals surface area contributed by atoms with Crippen LogP contribution >= 0.6 is 0 Å². The van der Waals surface area contributed by atoms with E-state index in [9.17, 15) is 14.9 Å². The van der Waals surface area contributed by atoms with E-state index in [0.29, 0.717) is 17.7 Å². The summed E-state index contributed by atoms with van der Waals surface area (Å²) in [4.78, 5) is 20.0. The van der Waals surface area contributed by atoms with E-state index in [-0.39, 0.29) is 12.4 Å². The Bertz CT molecular complexity index is 475. The molecule has 0 saturated heterocycles. The molecule has 0 unspecified atom stereocenters. The van der Waals surface area contributed by atoms with Gasteiger partial charge in [-0.3, -0.25) is 14.9 Å². The molecule has 0 atom stereocenters. The smallest absolute Gasteiger partial charge is 0.294 e. The van der Waals surface area contributed by atoms with E-state index in [1.807, 2.05) is 0 Å². The molecule has 1 aromatic rings. The van der Waals surface area contributed by atoms with Gasteiger partial charge in [0.2, 0.25) is 0 Å². The molecular formula is C10H12N4O4. The van der Waals surface area contributed by atoms with E-state index in [2.05, 4.69) is 15.1 Å². The molecule has 1 rings (SSSR count). The molecule has 0 aliphatic rings. The van der Waals surface area contributed by atoms with Gasteiger partial charge in [0, 0.05) is 19.2 Å². The predicted molar refractivity (Wildman–Crippen MR) is 62.1 cm³/mol. The number of carbonyl (C=O) groups excluding carboxylic acids is 1. The average Bonchev–Trinajstić information content (AvgIpc) is 2.34. The first-order valence-electron chi connectivity index (χ1n) is 4.97. The van der Waals surface area contributed by atoms with Crippen molar-refractivity contribution in [2.75, 3.05) is 13.8 Å². The lowest BCUT2D eigenvalue weighted by molar-refractivity contribution is -0.384. The molecule has 0 spiro atoms. The third-order valence-corrected chi connectivity index (χ3v) is 2.03. The zero-order chi connectivity index (χ0) is 13.5. The quantitative estimate of drug-likeness (QED) is 0.253. The number of non-ortho nitro benzene ring substituents is 1. The Morgan fingerprint density at radius 1 is 1.56 bits per heavy atom. The van der Waals surface area contributed by atoms with E-state index in [1.165, 1.54) is 23.2 Å². The molecule has 0 radical (unpaired) electrons. The van der Waals surface area contributed by atoms with E-state index < -0.39 is 4.92 Å². The van der Waals surface area contributed by atoms with Crippen LogP contribution in [0.5, 0.6) is 0 Å². The molecule has 8 nitrogen and oxygen atoms in total. The Morgan fingerprint density at radius 3 is 2.83 bits per heavy atom. The fraction of sp³-hybridized carbons (Fsp3) is 0.300. The maximum absolute atomic E-state index is 10.5. The van der Waals surface area contributed by atoms with E-state index in [1.54, 1.807) is 14.0 Å². The van der Waals surface area contributed by atoms with E-state index in [0.717, 1.165) is 0 Å². The Morgan fingerprint density at radius 2 is 2.28 bits per heavy atom. The van der Waals surface area contributed by atoms with Crippen LogP contribution in [0.4, 0.5) is 11.4 Å². The molecule has 0 saturated carbocycles. The number of nitro benzene ring substituents is 1. The molecule has 0 aromatic heterocycles. The van der Waals surface area contributed by atoms with Crippen LogP contribution in [0.25, 0.3) is 0 Å². The van der Waals surface area contributed by atoms with Gasteiger partial charge in [-0.2, -0.15) is 0 Å². The summed E-state index contributed by atoms with van der Waals surface area (Å²) in [6, 6.07) is 4.27. The summed E-state index contributed by atoms with van der Waals surface area (Å²) in [5, 5.41) is 19.5. The third kappa shape index (κ3) is 3.81. The summed E-state index contributed by atoms with van der Waals surface area (Å²) in [6.45, 7) is 1.99. The van der Waals surface area contributed by atoms with Crippen LogP contribution in [0.1, 0.15) is 5.56 Å². The van der Waals surface area contributed by atoms with Crippen LogP contribution < -0.4 is 0 Å². The van der Waals surface area contributed by atoms with Crippen molar-refractivity contribution in [1.82, 2.24) is 5.01 Å². The lowest BCUT2D eigenvalue weighted by atomic mass is 10.2. The lowest BCUT2D eigenvalue weighted by Crippen LogP contribution is -2.13. The Labute approximate surface area is 103 Å². The number of benzene rings is 1. The number of nitro groups is 1. The van der Waals surface area contributed by atoms with Crippen molar-refractivity contribution < 1.29 is 14.5 Å². The molecule has 0 aliphatic heterocycles. The van der Waals surface area contributed by atoms with Crippen molar-refractivity contribution in [1.29, 1.82) is 0 Å². The number of nitrogens with zero attached hydrogens (tertiary/aromatic N) is 4. The number of hydrogen-bond acceptors (Lipinski definition) is 6. The van der Waals surface area contributed by atoms with Gasteiger partial charge >= 0.3 is 0 Å². The maximum atomic E-state index is 10.5. The monoisotopic (exact) mass is 252 g/mol. The van der Waals surface area contributed by atoms with Gasteiger partial charge in [0.25, 0.3) is 12.2 Å². The summed E-state index contributed by atoms with van der Waals surface area (Å²) < 4.78 is 4.47. The van der Waals surface area contributed by atoms with Gasteiger partial charge in [-0.05, 0) is 18.6 Å². The number of rotatable bonds is 6. The van der Waals surface area contributed by atoms with E-state index >= 15 is 0 Å². The van der Waals surface area contributed by atoms with Crippen LogP contribution in [0, 0.1) is 17.0 Å². The van der Waals surface area contributed by atoms with Crippen LogP contribution in [0.3, 0.4) is 0 Å². The molecule has 18 heavy (non-hydrogen) atoms. The molecular weight excluding hydrogens is 240 g/mol. The van der Waals surface area contributed by atoms with Crippen LogP contribution in [0.15, 0.2) is 28.5 Å². The summed E-state index contributed by atoms with van der Waals surface area (Å²) in [7, 11) is 1.58. The van der Waals surface area contributed by atoms with Gasteiger partial charge in [-0.1, -0.05) is 5.22 Å². The highest BCUT2D eigenvalue weighted by molar-refractivity contribution is 5.50. The predicted octanol–water partition coefficient (Wildman–Crippen LogP) is 1.96. The van der Waals surface area contributed by atoms with Gasteiger partial charge in [0.1, 0.15) is 0 Å². The van der Waals surface area contributed by atoms with Crippen LogP contribution in [0.2, 0.25) is 0 Å². The standard InChI is InChI=1S/C10H12N4O4/c1-8-5-9(14(16)17)3-4-10(8)11-12-13(2)6-18-7-15/h3-5,7H,6H2,1-2H3/b12-11+. The Kier molecular flexibility index (Phi) is 4.73. The minimum absolute atomic E-state index is 0.00379. The van der Waals surface area contributed by atoms with Crippen LogP contribution in [-0.4, -0.2) is 30.2 Å². The normalized spacial score (nSPS) is 10.3. The van der Waals surface area contributed by atoms with Gasteiger partial charge in [-0.15, -0.1) is 5.11 Å². The fourth-order valence-corrected chi connectivity index (χ4v) is 1.15. The number of carbonyl (C=O) groups is 1. The second kappa shape index (κ2) is 6.28. The van der Waals surface area contributed by atoms with Gasteiger partial charge in [-0.25, -0.2) is 5.01 Å².